The molecule has 0 saturated heterocycles. The van der Waals surface area contributed by atoms with Crippen LogP contribution in [0, 0.1) is 0 Å². The van der Waals surface area contributed by atoms with Gasteiger partial charge in [-0.2, -0.15) is 0 Å². The first-order valence-corrected chi connectivity index (χ1v) is 21.7. The van der Waals surface area contributed by atoms with Gasteiger partial charge in [-0.15, -0.1) is 11.3 Å². The lowest BCUT2D eigenvalue weighted by atomic mass is 9.91. The predicted octanol–water partition coefficient (Wildman–Crippen LogP) is 16.8. The van der Waals surface area contributed by atoms with E-state index >= 15 is 0 Å². The molecule has 0 spiro atoms. The standard InChI is InChI=1S/C58H38N2S/c1-3-17-39(18-4-1)43-24-13-26-45-44(43)25-15-32-54(45)60(42-37-35-41(36-38-42)59-52-30-10-7-21-46(52)47-22-8-11-31-53(47)59)55-33-16-27-49(57(55)40-19-5-2-6-20-40)51-29-14-28-50-48-23-9-12-34-56(48)61-58(50)51/h1-38H. The molecule has 12 rings (SSSR count). The van der Waals surface area contributed by atoms with E-state index in [-0.39, 0.29) is 0 Å². The van der Waals surface area contributed by atoms with Gasteiger partial charge in [0.2, 0.25) is 0 Å². The van der Waals surface area contributed by atoms with E-state index in [0.29, 0.717) is 0 Å². The van der Waals surface area contributed by atoms with Crippen LogP contribution in [0.1, 0.15) is 0 Å². The molecule has 0 radical (unpaired) electrons. The third-order valence-corrected chi connectivity index (χ3v) is 13.4. The lowest BCUT2D eigenvalue weighted by molar-refractivity contribution is 1.17. The van der Waals surface area contributed by atoms with Crippen LogP contribution in [-0.4, -0.2) is 4.57 Å². The molecule has 286 valence electrons. The maximum Gasteiger partial charge on any atom is 0.0546 e. The van der Waals surface area contributed by atoms with Gasteiger partial charge in [0.1, 0.15) is 0 Å². The van der Waals surface area contributed by atoms with Crippen LogP contribution in [0.4, 0.5) is 17.1 Å². The van der Waals surface area contributed by atoms with Gasteiger partial charge in [-0.1, -0.05) is 176 Å². The van der Waals surface area contributed by atoms with Gasteiger partial charge in [0.25, 0.3) is 0 Å². The number of fused-ring (bicyclic) bond motifs is 7. The van der Waals surface area contributed by atoms with Crippen LogP contribution < -0.4 is 4.90 Å². The average molecular weight is 795 g/mol. The highest BCUT2D eigenvalue weighted by molar-refractivity contribution is 7.26. The lowest BCUT2D eigenvalue weighted by Gasteiger charge is -2.30. The predicted molar refractivity (Wildman–Crippen MR) is 262 cm³/mol. The number of hydrogen-bond donors (Lipinski definition) is 0. The van der Waals surface area contributed by atoms with E-state index in [1.54, 1.807) is 0 Å². The molecule has 10 aromatic carbocycles. The maximum atomic E-state index is 2.49. The summed E-state index contributed by atoms with van der Waals surface area (Å²) in [7, 11) is 0. The molecule has 0 N–H and O–H groups in total. The topological polar surface area (TPSA) is 8.17 Å². The molecule has 0 saturated carbocycles. The minimum Gasteiger partial charge on any atom is -0.309 e. The van der Waals surface area contributed by atoms with Crippen molar-refractivity contribution in [2.45, 2.75) is 0 Å². The van der Waals surface area contributed by atoms with Crippen molar-refractivity contribution in [2.75, 3.05) is 4.90 Å². The molecule has 0 unspecified atom stereocenters. The summed E-state index contributed by atoms with van der Waals surface area (Å²) >= 11 is 1.88. The Labute approximate surface area is 358 Å². The first-order chi connectivity index (χ1) is 30.3. The molecule has 0 atom stereocenters. The minimum absolute atomic E-state index is 1.08. The summed E-state index contributed by atoms with van der Waals surface area (Å²) in [6.45, 7) is 0. The second-order valence-electron chi connectivity index (χ2n) is 15.6. The number of rotatable bonds is 7. The molecule has 61 heavy (non-hydrogen) atoms. The molecule has 0 aliphatic carbocycles. The minimum atomic E-state index is 1.08. The summed E-state index contributed by atoms with van der Waals surface area (Å²) in [6, 6.07) is 84.2. The molecule has 0 aliphatic heterocycles. The molecule has 2 heterocycles. The highest BCUT2D eigenvalue weighted by atomic mass is 32.1. The van der Waals surface area contributed by atoms with Gasteiger partial charge in [0, 0.05) is 58.8 Å². The van der Waals surface area contributed by atoms with E-state index in [1.807, 2.05) is 11.3 Å². The van der Waals surface area contributed by atoms with Crippen molar-refractivity contribution in [3.8, 4) is 39.1 Å². The number of aromatic nitrogens is 1. The van der Waals surface area contributed by atoms with Crippen LogP contribution in [0.2, 0.25) is 0 Å². The van der Waals surface area contributed by atoms with Crippen LogP contribution in [0.25, 0.3) is 91.8 Å². The van der Waals surface area contributed by atoms with Gasteiger partial charge < -0.3 is 9.47 Å². The average Bonchev–Trinajstić information content (AvgIpc) is 3.88. The Balaban J connectivity index is 1.13. The van der Waals surface area contributed by atoms with Gasteiger partial charge in [-0.05, 0) is 82.2 Å². The van der Waals surface area contributed by atoms with Gasteiger partial charge >= 0.3 is 0 Å². The van der Waals surface area contributed by atoms with Crippen LogP contribution in [0.15, 0.2) is 231 Å². The quantitative estimate of drug-likeness (QED) is 0.156. The summed E-state index contributed by atoms with van der Waals surface area (Å²) in [6.07, 6.45) is 0. The number of para-hydroxylation sites is 2. The van der Waals surface area contributed by atoms with Crippen LogP contribution in [0.5, 0.6) is 0 Å². The van der Waals surface area contributed by atoms with Crippen LogP contribution in [0.3, 0.4) is 0 Å². The molecule has 2 nitrogen and oxygen atoms in total. The first kappa shape index (κ1) is 35.2. The van der Waals surface area contributed by atoms with E-state index in [2.05, 4.69) is 240 Å². The third kappa shape index (κ3) is 5.78. The first-order valence-electron chi connectivity index (χ1n) is 20.9. The fourth-order valence-electron chi connectivity index (χ4n) is 9.54. The molecular weight excluding hydrogens is 757 g/mol. The number of anilines is 3. The fourth-order valence-corrected chi connectivity index (χ4v) is 10.8. The Morgan fingerprint density at radius 3 is 1.59 bits per heavy atom. The van der Waals surface area contributed by atoms with Crippen molar-refractivity contribution >= 4 is 81.1 Å². The van der Waals surface area contributed by atoms with Crippen LogP contribution in [-0.2, 0) is 0 Å². The highest BCUT2D eigenvalue weighted by Crippen LogP contribution is 2.50. The second-order valence-corrected chi connectivity index (χ2v) is 16.7. The number of nitrogens with zero attached hydrogens (tertiary/aromatic N) is 2. The second kappa shape index (κ2) is 14.5. The Morgan fingerprint density at radius 1 is 0.328 bits per heavy atom. The largest absolute Gasteiger partial charge is 0.309 e. The Morgan fingerprint density at radius 2 is 0.852 bits per heavy atom. The Bertz CT molecular complexity index is 3530. The van der Waals surface area contributed by atoms with E-state index in [9.17, 15) is 0 Å². The molecule has 0 fully saturated rings. The van der Waals surface area contributed by atoms with E-state index in [0.717, 1.165) is 22.7 Å². The number of hydrogen-bond acceptors (Lipinski definition) is 2. The zero-order chi connectivity index (χ0) is 40.3. The lowest BCUT2D eigenvalue weighted by Crippen LogP contribution is -2.12. The highest BCUT2D eigenvalue weighted by Gasteiger charge is 2.24. The van der Waals surface area contributed by atoms with E-state index in [1.165, 1.54) is 86.1 Å². The summed E-state index contributed by atoms with van der Waals surface area (Å²) in [5.41, 5.74) is 14.1. The molecule has 2 aromatic heterocycles. The SMILES string of the molecule is c1ccc(-c2c(-c3cccc4c3sc3ccccc34)cccc2N(c2ccc(-n3c4ccccc4c4ccccc43)cc2)c2cccc3c(-c4ccccc4)cccc23)cc1. The van der Waals surface area contributed by atoms with Crippen molar-refractivity contribution in [1.82, 2.24) is 4.57 Å². The number of thiophene rings is 1. The van der Waals surface area contributed by atoms with Gasteiger partial charge in [0.05, 0.1) is 22.4 Å². The maximum absolute atomic E-state index is 2.49. The Hall–Kier alpha value is -7.72. The zero-order valence-electron chi connectivity index (χ0n) is 33.2. The monoisotopic (exact) mass is 794 g/mol. The fraction of sp³-hybridized carbons (Fsp3) is 0. The van der Waals surface area contributed by atoms with Crippen molar-refractivity contribution < 1.29 is 0 Å². The van der Waals surface area contributed by atoms with E-state index in [4.69, 9.17) is 0 Å². The summed E-state index contributed by atoms with van der Waals surface area (Å²) in [4.78, 5) is 2.49. The summed E-state index contributed by atoms with van der Waals surface area (Å²) in [5, 5.41) is 7.51. The summed E-state index contributed by atoms with van der Waals surface area (Å²) in [5.74, 6) is 0. The molecule has 0 aliphatic rings. The van der Waals surface area contributed by atoms with Crippen LogP contribution >= 0.6 is 11.3 Å². The molecule has 3 heteroatoms. The molecule has 0 amide bonds. The zero-order valence-corrected chi connectivity index (χ0v) is 34.1. The van der Waals surface area contributed by atoms with E-state index < -0.39 is 0 Å². The smallest absolute Gasteiger partial charge is 0.0546 e. The molecule has 12 aromatic rings. The van der Waals surface area contributed by atoms with Gasteiger partial charge in [-0.25, -0.2) is 0 Å². The molecular formula is C58H38N2S. The number of benzene rings is 10. The third-order valence-electron chi connectivity index (χ3n) is 12.2. The van der Waals surface area contributed by atoms with Crippen molar-refractivity contribution in [3.63, 3.8) is 0 Å². The van der Waals surface area contributed by atoms with Crippen molar-refractivity contribution in [3.05, 3.63) is 231 Å². The van der Waals surface area contributed by atoms with Crippen molar-refractivity contribution in [1.29, 1.82) is 0 Å². The normalized spacial score (nSPS) is 11.6. The van der Waals surface area contributed by atoms with Gasteiger partial charge in [0.15, 0.2) is 0 Å². The molecule has 0 bridgehead atoms. The van der Waals surface area contributed by atoms with Gasteiger partial charge in [-0.3, -0.25) is 0 Å². The van der Waals surface area contributed by atoms with Crippen molar-refractivity contribution in [2.24, 2.45) is 0 Å². The summed E-state index contributed by atoms with van der Waals surface area (Å²) < 4.78 is 5.00. The Kier molecular flexibility index (Phi) is 8.39.